The Labute approximate surface area is 99.5 Å². The number of hydrogen-bond acceptors (Lipinski definition) is 5. The van der Waals surface area contributed by atoms with Gasteiger partial charge in [0, 0.05) is 26.7 Å². The monoisotopic (exact) mass is 239 g/mol. The van der Waals surface area contributed by atoms with Crippen molar-refractivity contribution < 1.29 is 9.53 Å². The van der Waals surface area contributed by atoms with Gasteiger partial charge in [-0.25, -0.2) is 5.84 Å². The standard InChI is InChI=1S/C10H17N5O2/c1-14-9(7-15-2-4-17-5-3-15)8(6-12-14)10(16)13-11/h6H,2-5,7,11H2,1H3,(H,13,16). The summed E-state index contributed by atoms with van der Waals surface area (Å²) in [4.78, 5) is 13.8. The van der Waals surface area contributed by atoms with Gasteiger partial charge < -0.3 is 4.74 Å². The van der Waals surface area contributed by atoms with Gasteiger partial charge in [-0.15, -0.1) is 0 Å². The molecule has 0 radical (unpaired) electrons. The molecule has 1 amide bonds. The van der Waals surface area contributed by atoms with E-state index in [1.807, 2.05) is 7.05 Å². The van der Waals surface area contributed by atoms with Crippen molar-refractivity contribution in [2.45, 2.75) is 6.54 Å². The minimum atomic E-state index is -0.304. The maximum Gasteiger partial charge on any atom is 0.268 e. The lowest BCUT2D eigenvalue weighted by Crippen LogP contribution is -2.37. The normalized spacial score (nSPS) is 17.1. The molecule has 1 aromatic heterocycles. The first-order valence-corrected chi connectivity index (χ1v) is 5.54. The van der Waals surface area contributed by atoms with Crippen molar-refractivity contribution in [1.29, 1.82) is 0 Å². The van der Waals surface area contributed by atoms with Gasteiger partial charge in [0.15, 0.2) is 0 Å². The minimum absolute atomic E-state index is 0.304. The quantitative estimate of drug-likeness (QED) is 0.395. The molecule has 1 fully saturated rings. The molecule has 7 nitrogen and oxygen atoms in total. The summed E-state index contributed by atoms with van der Waals surface area (Å²) in [7, 11) is 1.82. The molecule has 0 unspecified atom stereocenters. The molecular weight excluding hydrogens is 222 g/mol. The number of nitrogens with two attached hydrogens (primary N) is 1. The minimum Gasteiger partial charge on any atom is -0.379 e. The molecule has 0 aromatic carbocycles. The highest BCUT2D eigenvalue weighted by molar-refractivity contribution is 5.94. The smallest absolute Gasteiger partial charge is 0.268 e. The Hall–Kier alpha value is -1.44. The van der Waals surface area contributed by atoms with E-state index < -0.39 is 0 Å². The molecule has 2 rings (SSSR count). The van der Waals surface area contributed by atoms with Gasteiger partial charge in [-0.1, -0.05) is 0 Å². The van der Waals surface area contributed by atoms with E-state index in [2.05, 4.69) is 15.4 Å². The lowest BCUT2D eigenvalue weighted by atomic mass is 10.2. The molecule has 1 aromatic rings. The summed E-state index contributed by atoms with van der Waals surface area (Å²) in [5.41, 5.74) is 3.54. The van der Waals surface area contributed by atoms with Gasteiger partial charge in [-0.2, -0.15) is 5.10 Å². The summed E-state index contributed by atoms with van der Waals surface area (Å²) in [6, 6.07) is 0. The van der Waals surface area contributed by atoms with E-state index in [9.17, 15) is 4.79 Å². The summed E-state index contributed by atoms with van der Waals surface area (Å²) in [6.07, 6.45) is 1.54. The average molecular weight is 239 g/mol. The van der Waals surface area contributed by atoms with Crippen molar-refractivity contribution in [1.82, 2.24) is 20.1 Å². The van der Waals surface area contributed by atoms with Crippen LogP contribution < -0.4 is 11.3 Å². The third-order valence-corrected chi connectivity index (χ3v) is 2.91. The van der Waals surface area contributed by atoms with E-state index in [0.717, 1.165) is 32.0 Å². The first kappa shape index (κ1) is 12.0. The number of hydrazine groups is 1. The fourth-order valence-electron chi connectivity index (χ4n) is 1.89. The molecule has 1 aliphatic heterocycles. The van der Waals surface area contributed by atoms with Crippen LogP contribution >= 0.6 is 0 Å². The topological polar surface area (TPSA) is 85.4 Å². The molecule has 1 aliphatic rings. The summed E-state index contributed by atoms with van der Waals surface area (Å²) in [5, 5.41) is 4.09. The molecule has 0 bridgehead atoms. The number of ether oxygens (including phenoxy) is 1. The van der Waals surface area contributed by atoms with E-state index in [4.69, 9.17) is 10.6 Å². The van der Waals surface area contributed by atoms with E-state index in [1.165, 1.54) is 6.20 Å². The summed E-state index contributed by atoms with van der Waals surface area (Å²) in [5.74, 6) is 4.84. The maximum atomic E-state index is 11.6. The Morgan fingerprint density at radius 2 is 2.29 bits per heavy atom. The van der Waals surface area contributed by atoms with Crippen molar-refractivity contribution >= 4 is 5.91 Å². The van der Waals surface area contributed by atoms with E-state index >= 15 is 0 Å². The van der Waals surface area contributed by atoms with Crippen LogP contribution in [0.25, 0.3) is 0 Å². The van der Waals surface area contributed by atoms with Crippen molar-refractivity contribution in [3.63, 3.8) is 0 Å². The van der Waals surface area contributed by atoms with E-state index in [1.54, 1.807) is 4.68 Å². The highest BCUT2D eigenvalue weighted by Gasteiger charge is 2.19. The number of morpholine rings is 1. The first-order chi connectivity index (χ1) is 8.22. The van der Waals surface area contributed by atoms with Crippen molar-refractivity contribution in [2.24, 2.45) is 12.9 Å². The zero-order valence-corrected chi connectivity index (χ0v) is 9.85. The van der Waals surface area contributed by atoms with Gasteiger partial charge in [-0.05, 0) is 0 Å². The Bertz CT molecular complexity index is 397. The van der Waals surface area contributed by atoms with E-state index in [-0.39, 0.29) is 5.91 Å². The van der Waals surface area contributed by atoms with Crippen LogP contribution in [-0.4, -0.2) is 46.9 Å². The van der Waals surface area contributed by atoms with Crippen LogP contribution in [0.5, 0.6) is 0 Å². The summed E-state index contributed by atoms with van der Waals surface area (Å²) in [6.45, 7) is 3.89. The molecule has 0 atom stereocenters. The fourth-order valence-corrected chi connectivity index (χ4v) is 1.89. The van der Waals surface area contributed by atoms with Crippen LogP contribution in [0.15, 0.2) is 6.20 Å². The lowest BCUT2D eigenvalue weighted by molar-refractivity contribution is 0.0330. The second-order valence-electron chi connectivity index (χ2n) is 3.99. The number of aromatic nitrogens is 2. The molecule has 0 spiro atoms. The predicted octanol–water partition coefficient (Wildman–Crippen LogP) is -1.14. The number of carbonyl (C=O) groups is 1. The van der Waals surface area contributed by atoms with Crippen molar-refractivity contribution in [2.75, 3.05) is 26.3 Å². The molecule has 0 aliphatic carbocycles. The second kappa shape index (κ2) is 5.26. The van der Waals surface area contributed by atoms with Gasteiger partial charge in [0.1, 0.15) is 0 Å². The van der Waals surface area contributed by atoms with Crippen LogP contribution in [0.4, 0.5) is 0 Å². The molecular formula is C10H17N5O2. The number of carbonyl (C=O) groups excluding carboxylic acids is 1. The highest BCUT2D eigenvalue weighted by atomic mass is 16.5. The SMILES string of the molecule is Cn1ncc(C(=O)NN)c1CN1CCOCC1. The second-order valence-corrected chi connectivity index (χ2v) is 3.99. The first-order valence-electron chi connectivity index (χ1n) is 5.54. The largest absolute Gasteiger partial charge is 0.379 e. The number of nitrogens with zero attached hydrogens (tertiary/aromatic N) is 3. The highest BCUT2D eigenvalue weighted by Crippen LogP contribution is 2.11. The Balaban J connectivity index is 2.13. The van der Waals surface area contributed by atoms with Crippen molar-refractivity contribution in [3.05, 3.63) is 17.5 Å². The molecule has 2 heterocycles. The van der Waals surface area contributed by atoms with E-state index in [0.29, 0.717) is 12.1 Å². The van der Waals surface area contributed by atoms with Crippen LogP contribution in [0.3, 0.4) is 0 Å². The number of hydrogen-bond donors (Lipinski definition) is 2. The summed E-state index contributed by atoms with van der Waals surface area (Å²) >= 11 is 0. The van der Waals surface area contributed by atoms with Crippen molar-refractivity contribution in [3.8, 4) is 0 Å². The Kier molecular flexibility index (Phi) is 3.72. The molecule has 1 saturated heterocycles. The number of aryl methyl sites for hydroxylation is 1. The molecule has 0 saturated carbocycles. The fraction of sp³-hybridized carbons (Fsp3) is 0.600. The summed E-state index contributed by atoms with van der Waals surface area (Å²) < 4.78 is 6.99. The Morgan fingerprint density at radius 3 is 2.94 bits per heavy atom. The number of amides is 1. The van der Waals surface area contributed by atoms with Crippen LogP contribution in [-0.2, 0) is 18.3 Å². The van der Waals surface area contributed by atoms with Crippen LogP contribution in [0.2, 0.25) is 0 Å². The Morgan fingerprint density at radius 1 is 1.59 bits per heavy atom. The van der Waals surface area contributed by atoms with Gasteiger partial charge in [0.05, 0.1) is 30.7 Å². The number of nitrogens with one attached hydrogen (secondary N) is 1. The zero-order valence-electron chi connectivity index (χ0n) is 9.85. The third-order valence-electron chi connectivity index (χ3n) is 2.91. The molecule has 3 N–H and O–H groups in total. The number of nitrogen functional groups attached to an aromatic ring is 1. The van der Waals surface area contributed by atoms with Crippen LogP contribution in [0, 0.1) is 0 Å². The van der Waals surface area contributed by atoms with Gasteiger partial charge in [0.2, 0.25) is 0 Å². The predicted molar refractivity (Wildman–Crippen MR) is 61.0 cm³/mol. The maximum absolute atomic E-state index is 11.6. The van der Waals surface area contributed by atoms with Crippen LogP contribution in [0.1, 0.15) is 16.1 Å². The molecule has 17 heavy (non-hydrogen) atoms. The number of rotatable bonds is 3. The molecule has 7 heteroatoms. The lowest BCUT2D eigenvalue weighted by Gasteiger charge is -2.26. The zero-order chi connectivity index (χ0) is 12.3. The van der Waals surface area contributed by atoms with Gasteiger partial charge in [-0.3, -0.25) is 19.8 Å². The van der Waals surface area contributed by atoms with Gasteiger partial charge >= 0.3 is 0 Å². The molecule has 94 valence electrons. The average Bonchev–Trinajstić information content (AvgIpc) is 2.72. The van der Waals surface area contributed by atoms with Gasteiger partial charge in [0.25, 0.3) is 5.91 Å². The third kappa shape index (κ3) is 2.63.